The van der Waals surface area contributed by atoms with Crippen LogP contribution in [0.2, 0.25) is 0 Å². The molecule has 2 aromatic heterocycles. The van der Waals surface area contributed by atoms with Gasteiger partial charge in [0, 0.05) is 11.9 Å². The molecule has 134 valence electrons. The summed E-state index contributed by atoms with van der Waals surface area (Å²) >= 11 is 1.53. The van der Waals surface area contributed by atoms with E-state index in [2.05, 4.69) is 25.6 Å². The number of thiazole rings is 1. The molecule has 0 saturated carbocycles. The van der Waals surface area contributed by atoms with E-state index in [-0.39, 0.29) is 5.91 Å². The summed E-state index contributed by atoms with van der Waals surface area (Å²) in [5, 5.41) is 6.69. The zero-order chi connectivity index (χ0) is 18.8. The highest BCUT2D eigenvalue weighted by atomic mass is 32.1. The molecule has 6 nitrogen and oxygen atoms in total. The van der Waals surface area contributed by atoms with E-state index in [1.165, 1.54) is 17.5 Å². The van der Waals surface area contributed by atoms with Crippen molar-refractivity contribution in [3.05, 3.63) is 71.5 Å². The van der Waals surface area contributed by atoms with Gasteiger partial charge in [0.25, 0.3) is 5.91 Å². The second-order valence-electron chi connectivity index (χ2n) is 6.12. The van der Waals surface area contributed by atoms with Gasteiger partial charge >= 0.3 is 0 Å². The number of aromatic nitrogens is 3. The van der Waals surface area contributed by atoms with Crippen LogP contribution in [0.4, 0.5) is 16.8 Å². The SMILES string of the molecule is Cc1ccc(NC(=O)c2cnc(Nc3nc4ccccc4s3)nc2C)cc1. The molecule has 0 unspecified atom stereocenters. The van der Waals surface area contributed by atoms with E-state index in [9.17, 15) is 4.79 Å². The van der Waals surface area contributed by atoms with Crippen LogP contribution < -0.4 is 10.6 Å². The normalized spacial score (nSPS) is 10.7. The van der Waals surface area contributed by atoms with Gasteiger partial charge in [0.1, 0.15) is 0 Å². The molecule has 0 fully saturated rings. The number of aryl methyl sites for hydroxylation is 2. The second kappa shape index (κ2) is 7.13. The first-order valence-corrected chi connectivity index (χ1v) is 9.24. The number of benzene rings is 2. The molecule has 1 amide bonds. The summed E-state index contributed by atoms with van der Waals surface area (Å²) in [5.74, 6) is 0.182. The monoisotopic (exact) mass is 375 g/mol. The summed E-state index contributed by atoms with van der Waals surface area (Å²) in [5.41, 5.74) is 3.83. The molecule has 0 aliphatic heterocycles. The predicted molar refractivity (Wildman–Crippen MR) is 109 cm³/mol. The number of nitrogens with one attached hydrogen (secondary N) is 2. The first-order chi connectivity index (χ1) is 13.1. The predicted octanol–water partition coefficient (Wildman–Crippen LogP) is 4.70. The zero-order valence-corrected chi connectivity index (χ0v) is 15.7. The minimum atomic E-state index is -0.233. The number of fused-ring (bicyclic) bond motifs is 1. The van der Waals surface area contributed by atoms with Crippen molar-refractivity contribution >= 4 is 44.2 Å². The van der Waals surface area contributed by atoms with Crippen molar-refractivity contribution in [3.63, 3.8) is 0 Å². The van der Waals surface area contributed by atoms with Crippen LogP contribution >= 0.6 is 11.3 Å². The maximum absolute atomic E-state index is 12.5. The quantitative estimate of drug-likeness (QED) is 0.540. The molecule has 2 aromatic carbocycles. The van der Waals surface area contributed by atoms with Gasteiger partial charge in [0.2, 0.25) is 5.95 Å². The van der Waals surface area contributed by atoms with Crippen molar-refractivity contribution in [3.8, 4) is 0 Å². The zero-order valence-electron chi connectivity index (χ0n) is 14.9. The number of rotatable bonds is 4. The maximum atomic E-state index is 12.5. The van der Waals surface area contributed by atoms with Gasteiger partial charge in [-0.15, -0.1) is 0 Å². The number of amides is 1. The van der Waals surface area contributed by atoms with Gasteiger partial charge in [-0.1, -0.05) is 41.2 Å². The van der Waals surface area contributed by atoms with Crippen molar-refractivity contribution in [1.82, 2.24) is 15.0 Å². The van der Waals surface area contributed by atoms with Crippen LogP contribution in [0.25, 0.3) is 10.2 Å². The molecule has 7 heteroatoms. The highest BCUT2D eigenvalue weighted by Crippen LogP contribution is 2.27. The molecule has 0 radical (unpaired) electrons. The van der Waals surface area contributed by atoms with Gasteiger partial charge in [-0.25, -0.2) is 15.0 Å². The minimum absolute atomic E-state index is 0.233. The molecule has 4 rings (SSSR count). The lowest BCUT2D eigenvalue weighted by molar-refractivity contribution is 0.102. The Balaban J connectivity index is 1.51. The van der Waals surface area contributed by atoms with Gasteiger partial charge in [0.05, 0.1) is 21.5 Å². The van der Waals surface area contributed by atoms with Crippen LogP contribution in [-0.2, 0) is 0 Å². The van der Waals surface area contributed by atoms with Crippen molar-refractivity contribution in [2.24, 2.45) is 0 Å². The van der Waals surface area contributed by atoms with Crippen LogP contribution in [0.1, 0.15) is 21.6 Å². The first kappa shape index (κ1) is 17.1. The van der Waals surface area contributed by atoms with E-state index in [1.807, 2.05) is 55.5 Å². The topological polar surface area (TPSA) is 79.8 Å². The Hall–Kier alpha value is -3.32. The Labute approximate surface area is 160 Å². The Morgan fingerprint density at radius 1 is 1.00 bits per heavy atom. The summed E-state index contributed by atoms with van der Waals surface area (Å²) in [6.07, 6.45) is 1.53. The summed E-state index contributed by atoms with van der Waals surface area (Å²) in [6.45, 7) is 3.79. The van der Waals surface area contributed by atoms with Crippen LogP contribution in [-0.4, -0.2) is 20.9 Å². The van der Waals surface area contributed by atoms with Crippen molar-refractivity contribution in [2.75, 3.05) is 10.6 Å². The summed E-state index contributed by atoms with van der Waals surface area (Å²) < 4.78 is 1.09. The first-order valence-electron chi connectivity index (χ1n) is 8.43. The van der Waals surface area contributed by atoms with Gasteiger partial charge in [-0.3, -0.25) is 4.79 Å². The van der Waals surface area contributed by atoms with Gasteiger partial charge in [-0.2, -0.15) is 0 Å². The molecular formula is C20H17N5OS. The Morgan fingerprint density at radius 3 is 2.52 bits per heavy atom. The number of hydrogen-bond acceptors (Lipinski definition) is 6. The maximum Gasteiger partial charge on any atom is 0.259 e. The molecule has 0 bridgehead atoms. The molecule has 0 saturated heterocycles. The lowest BCUT2D eigenvalue weighted by atomic mass is 10.2. The average Bonchev–Trinajstić information content (AvgIpc) is 3.06. The number of carbonyl (C=O) groups is 1. The van der Waals surface area contributed by atoms with Gasteiger partial charge in [0.15, 0.2) is 5.13 Å². The molecule has 4 aromatic rings. The van der Waals surface area contributed by atoms with Crippen LogP contribution in [0.15, 0.2) is 54.7 Å². The minimum Gasteiger partial charge on any atom is -0.322 e. The fourth-order valence-corrected chi connectivity index (χ4v) is 3.47. The van der Waals surface area contributed by atoms with Crippen LogP contribution in [0.5, 0.6) is 0 Å². The largest absolute Gasteiger partial charge is 0.322 e. The van der Waals surface area contributed by atoms with Crippen molar-refractivity contribution in [2.45, 2.75) is 13.8 Å². The fraction of sp³-hybridized carbons (Fsp3) is 0.100. The number of anilines is 3. The third-order valence-electron chi connectivity index (χ3n) is 4.05. The lowest BCUT2D eigenvalue weighted by Crippen LogP contribution is -2.15. The Morgan fingerprint density at radius 2 is 1.78 bits per heavy atom. The lowest BCUT2D eigenvalue weighted by Gasteiger charge is -2.08. The Bertz CT molecular complexity index is 1090. The van der Waals surface area contributed by atoms with E-state index in [1.54, 1.807) is 6.92 Å². The van der Waals surface area contributed by atoms with Gasteiger partial charge < -0.3 is 10.6 Å². The van der Waals surface area contributed by atoms with Crippen LogP contribution in [0, 0.1) is 13.8 Å². The summed E-state index contributed by atoms with van der Waals surface area (Å²) in [4.78, 5) is 25.7. The molecule has 0 spiro atoms. The third-order valence-corrected chi connectivity index (χ3v) is 5.00. The molecule has 0 atom stereocenters. The highest BCUT2D eigenvalue weighted by Gasteiger charge is 2.13. The standard InChI is InChI=1S/C20H17N5OS/c1-12-7-9-14(10-8-12)23-18(26)15-11-21-19(22-13(15)2)25-20-24-16-5-3-4-6-17(16)27-20/h3-11H,1-2H3,(H,23,26)(H,21,22,24,25). The van der Waals surface area contributed by atoms with E-state index < -0.39 is 0 Å². The van der Waals surface area contributed by atoms with Gasteiger partial charge in [-0.05, 0) is 38.1 Å². The van der Waals surface area contributed by atoms with Crippen molar-refractivity contribution in [1.29, 1.82) is 0 Å². The number of hydrogen-bond donors (Lipinski definition) is 2. The van der Waals surface area contributed by atoms with Crippen LogP contribution in [0.3, 0.4) is 0 Å². The molecular weight excluding hydrogens is 358 g/mol. The second-order valence-corrected chi connectivity index (χ2v) is 7.16. The molecule has 0 aliphatic carbocycles. The number of para-hydroxylation sites is 1. The van der Waals surface area contributed by atoms with Crippen molar-refractivity contribution < 1.29 is 4.79 Å². The smallest absolute Gasteiger partial charge is 0.259 e. The Kier molecular flexibility index (Phi) is 4.52. The van der Waals surface area contributed by atoms with E-state index in [4.69, 9.17) is 0 Å². The van der Waals surface area contributed by atoms with E-state index >= 15 is 0 Å². The number of nitrogens with zero attached hydrogens (tertiary/aromatic N) is 3. The fourth-order valence-electron chi connectivity index (χ4n) is 2.61. The number of carbonyl (C=O) groups excluding carboxylic acids is 1. The molecule has 0 aliphatic rings. The average molecular weight is 375 g/mol. The highest BCUT2D eigenvalue weighted by molar-refractivity contribution is 7.22. The summed E-state index contributed by atoms with van der Waals surface area (Å²) in [6, 6.07) is 15.5. The molecule has 2 N–H and O–H groups in total. The van der Waals surface area contributed by atoms with E-state index in [0.717, 1.165) is 21.5 Å². The molecule has 2 heterocycles. The van der Waals surface area contributed by atoms with E-state index in [0.29, 0.717) is 22.3 Å². The third kappa shape index (κ3) is 3.78. The molecule has 27 heavy (non-hydrogen) atoms. The summed E-state index contributed by atoms with van der Waals surface area (Å²) in [7, 11) is 0.